The summed E-state index contributed by atoms with van der Waals surface area (Å²) in [6.07, 6.45) is 1.12. The minimum Gasteiger partial charge on any atom is -0.496 e. The highest BCUT2D eigenvalue weighted by atomic mass is 16.6. The molecule has 5 heteroatoms. The first-order valence-electron chi connectivity index (χ1n) is 6.89. The van der Waals surface area contributed by atoms with E-state index >= 15 is 0 Å². The molecule has 5 nitrogen and oxygen atoms in total. The molecule has 1 aliphatic rings. The SMILES string of the molecule is COc1ccc(NC(=O)OC(C)(C)C)cc1C1(C#N)CC1. The summed E-state index contributed by atoms with van der Waals surface area (Å²) in [5.74, 6) is 0.670. The average molecular weight is 288 g/mol. The normalized spacial score (nSPS) is 15.8. The van der Waals surface area contributed by atoms with Crippen LogP contribution in [0.5, 0.6) is 5.75 Å². The summed E-state index contributed by atoms with van der Waals surface area (Å²) < 4.78 is 10.5. The number of amides is 1. The van der Waals surface area contributed by atoms with Crippen molar-refractivity contribution in [3.05, 3.63) is 23.8 Å². The zero-order valence-electron chi connectivity index (χ0n) is 12.8. The summed E-state index contributed by atoms with van der Waals surface area (Å²) >= 11 is 0. The van der Waals surface area contributed by atoms with Gasteiger partial charge in [-0.2, -0.15) is 5.26 Å². The van der Waals surface area contributed by atoms with Gasteiger partial charge in [0.1, 0.15) is 11.4 Å². The summed E-state index contributed by atoms with van der Waals surface area (Å²) in [5, 5.41) is 12.0. The fourth-order valence-corrected chi connectivity index (χ4v) is 2.15. The van der Waals surface area contributed by atoms with Crippen LogP contribution in [-0.4, -0.2) is 18.8 Å². The zero-order valence-corrected chi connectivity index (χ0v) is 12.8. The molecule has 1 saturated carbocycles. The van der Waals surface area contributed by atoms with Crippen molar-refractivity contribution in [3.63, 3.8) is 0 Å². The molecule has 1 amide bonds. The largest absolute Gasteiger partial charge is 0.496 e. The molecule has 0 atom stereocenters. The van der Waals surface area contributed by atoms with Crippen molar-refractivity contribution in [1.82, 2.24) is 0 Å². The Bertz CT molecular complexity index is 593. The van der Waals surface area contributed by atoms with Crippen molar-refractivity contribution in [3.8, 4) is 11.8 Å². The van der Waals surface area contributed by atoms with E-state index in [4.69, 9.17) is 9.47 Å². The maximum absolute atomic E-state index is 11.8. The molecule has 0 saturated heterocycles. The number of rotatable bonds is 3. The summed E-state index contributed by atoms with van der Waals surface area (Å²) in [6, 6.07) is 7.63. The first-order chi connectivity index (χ1) is 9.79. The fourth-order valence-electron chi connectivity index (χ4n) is 2.15. The number of hydrogen-bond donors (Lipinski definition) is 1. The van der Waals surface area contributed by atoms with Gasteiger partial charge in [0.25, 0.3) is 0 Å². The van der Waals surface area contributed by atoms with Crippen LogP contribution in [0.3, 0.4) is 0 Å². The van der Waals surface area contributed by atoms with Crippen molar-refractivity contribution in [2.45, 2.75) is 44.6 Å². The molecule has 21 heavy (non-hydrogen) atoms. The van der Waals surface area contributed by atoms with Crippen LogP contribution < -0.4 is 10.1 Å². The molecule has 0 radical (unpaired) electrons. The Morgan fingerprint density at radius 3 is 2.52 bits per heavy atom. The topological polar surface area (TPSA) is 71.3 Å². The molecule has 0 heterocycles. The van der Waals surface area contributed by atoms with E-state index in [2.05, 4.69) is 11.4 Å². The summed E-state index contributed by atoms with van der Waals surface area (Å²) in [7, 11) is 1.58. The molecule has 2 rings (SSSR count). The third-order valence-corrected chi connectivity index (χ3v) is 3.32. The van der Waals surface area contributed by atoms with Gasteiger partial charge in [-0.05, 0) is 51.8 Å². The highest BCUT2D eigenvalue weighted by Crippen LogP contribution is 2.51. The number of carbonyl (C=O) groups is 1. The number of hydrogen-bond acceptors (Lipinski definition) is 4. The minimum absolute atomic E-state index is 0.475. The van der Waals surface area contributed by atoms with Crippen molar-refractivity contribution < 1.29 is 14.3 Å². The van der Waals surface area contributed by atoms with Gasteiger partial charge in [-0.15, -0.1) is 0 Å². The van der Waals surface area contributed by atoms with E-state index in [1.54, 1.807) is 46.1 Å². The number of nitrogens with zero attached hydrogens (tertiary/aromatic N) is 1. The molecular weight excluding hydrogens is 268 g/mol. The second-order valence-corrected chi connectivity index (χ2v) is 6.24. The molecule has 112 valence electrons. The number of ether oxygens (including phenoxy) is 2. The highest BCUT2D eigenvalue weighted by molar-refractivity contribution is 5.85. The zero-order chi connectivity index (χ0) is 15.7. The monoisotopic (exact) mass is 288 g/mol. The minimum atomic E-state index is -0.552. The Kier molecular flexibility index (Phi) is 3.82. The van der Waals surface area contributed by atoms with Crippen LogP contribution in [0.2, 0.25) is 0 Å². The summed E-state index contributed by atoms with van der Waals surface area (Å²) in [6.45, 7) is 5.42. The quantitative estimate of drug-likeness (QED) is 0.922. The molecule has 0 aliphatic heterocycles. The third-order valence-electron chi connectivity index (χ3n) is 3.32. The van der Waals surface area contributed by atoms with E-state index in [1.807, 2.05) is 0 Å². The Morgan fingerprint density at radius 1 is 1.38 bits per heavy atom. The standard InChI is InChI=1S/C16H20N2O3/c1-15(2,3)21-14(19)18-11-5-6-13(20-4)12(9-11)16(10-17)7-8-16/h5-6,9H,7-8H2,1-4H3,(H,18,19). The van der Waals surface area contributed by atoms with Crippen molar-refractivity contribution in [2.24, 2.45) is 0 Å². The fraction of sp³-hybridized carbons (Fsp3) is 0.500. The smallest absolute Gasteiger partial charge is 0.412 e. The second kappa shape index (κ2) is 5.28. The first kappa shape index (κ1) is 15.2. The molecule has 1 aromatic carbocycles. The van der Waals surface area contributed by atoms with Crippen LogP contribution >= 0.6 is 0 Å². The van der Waals surface area contributed by atoms with E-state index in [0.717, 1.165) is 18.4 Å². The molecule has 0 unspecified atom stereocenters. The van der Waals surface area contributed by atoms with Gasteiger partial charge in [-0.3, -0.25) is 5.32 Å². The lowest BCUT2D eigenvalue weighted by Gasteiger charge is -2.20. The second-order valence-electron chi connectivity index (χ2n) is 6.24. The van der Waals surface area contributed by atoms with Crippen LogP contribution in [0.25, 0.3) is 0 Å². The Hall–Kier alpha value is -2.22. The molecular formula is C16H20N2O3. The lowest BCUT2D eigenvalue weighted by atomic mass is 9.96. The summed E-state index contributed by atoms with van der Waals surface area (Å²) in [4.78, 5) is 11.8. The van der Waals surface area contributed by atoms with Gasteiger partial charge in [0, 0.05) is 11.3 Å². The number of nitriles is 1. The predicted molar refractivity (Wildman–Crippen MR) is 79.4 cm³/mol. The Labute approximate surface area is 124 Å². The molecule has 1 N–H and O–H groups in total. The molecule has 1 aliphatic carbocycles. The van der Waals surface area contributed by atoms with Gasteiger partial charge in [0.05, 0.1) is 18.6 Å². The number of anilines is 1. The molecule has 1 fully saturated rings. The van der Waals surface area contributed by atoms with Gasteiger partial charge in [-0.25, -0.2) is 4.79 Å². The summed E-state index contributed by atoms with van der Waals surface area (Å²) in [5.41, 5.74) is 0.392. The number of carbonyl (C=O) groups excluding carboxylic acids is 1. The van der Waals surface area contributed by atoms with Crippen LogP contribution in [0.4, 0.5) is 10.5 Å². The number of benzene rings is 1. The van der Waals surface area contributed by atoms with E-state index < -0.39 is 17.1 Å². The number of nitrogens with one attached hydrogen (secondary N) is 1. The maximum atomic E-state index is 11.8. The Morgan fingerprint density at radius 2 is 2.05 bits per heavy atom. The average Bonchev–Trinajstić information content (AvgIpc) is 3.17. The van der Waals surface area contributed by atoms with E-state index in [1.165, 1.54) is 0 Å². The molecule has 0 spiro atoms. The van der Waals surface area contributed by atoms with Crippen LogP contribution in [0.1, 0.15) is 39.2 Å². The van der Waals surface area contributed by atoms with Crippen LogP contribution in [0.15, 0.2) is 18.2 Å². The van der Waals surface area contributed by atoms with Gasteiger partial charge in [-0.1, -0.05) is 0 Å². The van der Waals surface area contributed by atoms with Crippen LogP contribution in [-0.2, 0) is 10.2 Å². The lowest BCUT2D eigenvalue weighted by Crippen LogP contribution is -2.27. The first-order valence-corrected chi connectivity index (χ1v) is 6.89. The molecule has 1 aromatic rings. The van der Waals surface area contributed by atoms with Crippen LogP contribution in [0, 0.1) is 11.3 Å². The van der Waals surface area contributed by atoms with E-state index in [0.29, 0.717) is 11.4 Å². The van der Waals surface area contributed by atoms with E-state index in [9.17, 15) is 10.1 Å². The lowest BCUT2D eigenvalue weighted by molar-refractivity contribution is 0.0636. The van der Waals surface area contributed by atoms with Gasteiger partial charge in [0.2, 0.25) is 0 Å². The van der Waals surface area contributed by atoms with Crippen molar-refractivity contribution in [1.29, 1.82) is 5.26 Å². The third kappa shape index (κ3) is 3.46. The van der Waals surface area contributed by atoms with Gasteiger partial charge in [0.15, 0.2) is 0 Å². The van der Waals surface area contributed by atoms with E-state index in [-0.39, 0.29) is 0 Å². The number of methoxy groups -OCH3 is 1. The highest BCUT2D eigenvalue weighted by Gasteiger charge is 2.47. The van der Waals surface area contributed by atoms with Gasteiger partial charge < -0.3 is 9.47 Å². The Balaban J connectivity index is 2.21. The maximum Gasteiger partial charge on any atom is 0.412 e. The molecule has 0 aromatic heterocycles. The molecule has 0 bridgehead atoms. The van der Waals surface area contributed by atoms with Crippen molar-refractivity contribution in [2.75, 3.05) is 12.4 Å². The predicted octanol–water partition coefficient (Wildman–Crippen LogP) is 3.60. The van der Waals surface area contributed by atoms with Gasteiger partial charge >= 0.3 is 6.09 Å². The van der Waals surface area contributed by atoms with Crippen molar-refractivity contribution >= 4 is 11.8 Å².